The molecule has 0 spiro atoms. The minimum absolute atomic E-state index is 0.294. The maximum atomic E-state index is 12.2. The number of hydrogen-bond donors (Lipinski definition) is 0. The van der Waals surface area contributed by atoms with E-state index in [0.29, 0.717) is 12.3 Å². The van der Waals surface area contributed by atoms with Gasteiger partial charge in [0.05, 0.1) is 6.42 Å². The van der Waals surface area contributed by atoms with Gasteiger partial charge >= 0.3 is 0 Å². The summed E-state index contributed by atoms with van der Waals surface area (Å²) in [5.41, 5.74) is 3.67. The van der Waals surface area contributed by atoms with Gasteiger partial charge in [-0.2, -0.15) is 0 Å². The molecule has 0 radical (unpaired) electrons. The van der Waals surface area contributed by atoms with Gasteiger partial charge in [0.1, 0.15) is 0 Å². The van der Waals surface area contributed by atoms with E-state index < -0.39 is 0 Å². The number of piperidine rings is 1. The lowest BCUT2D eigenvalue weighted by Crippen LogP contribution is -2.36. The van der Waals surface area contributed by atoms with E-state index in [9.17, 15) is 4.79 Å². The van der Waals surface area contributed by atoms with Crippen molar-refractivity contribution in [2.75, 3.05) is 13.1 Å². The summed E-state index contributed by atoms with van der Waals surface area (Å²) in [6.07, 6.45) is 4.17. The highest BCUT2D eigenvalue weighted by Gasteiger charge is 2.17. The third-order valence-electron chi connectivity index (χ3n) is 3.68. The molecule has 1 saturated heterocycles. The lowest BCUT2D eigenvalue weighted by atomic mass is 9.99. The van der Waals surface area contributed by atoms with Gasteiger partial charge in [0.15, 0.2) is 0 Å². The normalized spacial score (nSPS) is 16.0. The van der Waals surface area contributed by atoms with Gasteiger partial charge in [-0.3, -0.25) is 4.79 Å². The molecule has 0 atom stereocenters. The van der Waals surface area contributed by atoms with E-state index >= 15 is 0 Å². The zero-order valence-electron chi connectivity index (χ0n) is 10.8. The minimum atomic E-state index is 0.294. The third kappa shape index (κ3) is 2.87. The zero-order valence-corrected chi connectivity index (χ0v) is 10.8. The molecule has 1 amide bonds. The second-order valence-corrected chi connectivity index (χ2v) is 4.99. The Bertz CT molecular complexity index is 385. The monoisotopic (exact) mass is 231 g/mol. The van der Waals surface area contributed by atoms with Crippen molar-refractivity contribution in [1.29, 1.82) is 0 Å². The van der Waals surface area contributed by atoms with Crippen LogP contribution in [0.4, 0.5) is 0 Å². The summed E-state index contributed by atoms with van der Waals surface area (Å²) in [6.45, 7) is 6.07. The summed E-state index contributed by atoms with van der Waals surface area (Å²) in [4.78, 5) is 14.2. The standard InChI is InChI=1S/C15H21NO/c1-12-7-6-8-13(2)14(12)11-15(17)16-9-4-3-5-10-16/h6-8H,3-5,9-11H2,1-2H3. The fourth-order valence-electron chi connectivity index (χ4n) is 2.53. The lowest BCUT2D eigenvalue weighted by molar-refractivity contribution is -0.131. The van der Waals surface area contributed by atoms with Crippen LogP contribution in [0, 0.1) is 13.8 Å². The number of hydrogen-bond acceptors (Lipinski definition) is 1. The molecule has 2 heteroatoms. The smallest absolute Gasteiger partial charge is 0.227 e. The molecule has 0 aromatic heterocycles. The van der Waals surface area contributed by atoms with Crippen molar-refractivity contribution in [3.8, 4) is 0 Å². The number of carbonyl (C=O) groups is 1. The molecule has 0 aliphatic carbocycles. The number of likely N-dealkylation sites (tertiary alicyclic amines) is 1. The van der Waals surface area contributed by atoms with Crippen molar-refractivity contribution in [2.45, 2.75) is 39.5 Å². The largest absolute Gasteiger partial charge is 0.342 e. The maximum Gasteiger partial charge on any atom is 0.227 e. The second kappa shape index (κ2) is 5.35. The highest BCUT2D eigenvalue weighted by Crippen LogP contribution is 2.16. The van der Waals surface area contributed by atoms with Crippen LogP contribution in [0.3, 0.4) is 0 Å². The van der Waals surface area contributed by atoms with E-state index in [-0.39, 0.29) is 0 Å². The fourth-order valence-corrected chi connectivity index (χ4v) is 2.53. The number of nitrogens with zero attached hydrogens (tertiary/aromatic N) is 1. The van der Waals surface area contributed by atoms with E-state index in [2.05, 4.69) is 32.0 Å². The molecule has 1 aliphatic rings. The van der Waals surface area contributed by atoms with E-state index in [1.54, 1.807) is 0 Å². The van der Waals surface area contributed by atoms with Gasteiger partial charge in [-0.05, 0) is 49.8 Å². The predicted molar refractivity (Wildman–Crippen MR) is 70.1 cm³/mol. The molecule has 1 aliphatic heterocycles. The number of carbonyl (C=O) groups excluding carboxylic acids is 1. The molecule has 0 bridgehead atoms. The molecule has 17 heavy (non-hydrogen) atoms. The van der Waals surface area contributed by atoms with Crippen LogP contribution in [0.2, 0.25) is 0 Å². The molecule has 0 unspecified atom stereocenters. The first-order valence-corrected chi connectivity index (χ1v) is 6.51. The fraction of sp³-hybridized carbons (Fsp3) is 0.533. The Labute approximate surface area is 104 Å². The van der Waals surface area contributed by atoms with Crippen molar-refractivity contribution in [3.63, 3.8) is 0 Å². The number of aryl methyl sites for hydroxylation is 2. The highest BCUT2D eigenvalue weighted by atomic mass is 16.2. The maximum absolute atomic E-state index is 12.2. The van der Waals surface area contributed by atoms with Crippen LogP contribution in [-0.4, -0.2) is 23.9 Å². The SMILES string of the molecule is Cc1cccc(C)c1CC(=O)N1CCCCC1. The lowest BCUT2D eigenvalue weighted by Gasteiger charge is -2.27. The Kier molecular flexibility index (Phi) is 3.82. The van der Waals surface area contributed by atoms with E-state index in [1.165, 1.54) is 36.0 Å². The summed E-state index contributed by atoms with van der Waals surface area (Å²) in [7, 11) is 0. The van der Waals surface area contributed by atoms with Crippen LogP contribution in [0.15, 0.2) is 18.2 Å². The van der Waals surface area contributed by atoms with Gasteiger partial charge < -0.3 is 4.90 Å². The molecule has 1 heterocycles. The minimum Gasteiger partial charge on any atom is -0.342 e. The van der Waals surface area contributed by atoms with Gasteiger partial charge in [-0.25, -0.2) is 0 Å². The van der Waals surface area contributed by atoms with Crippen molar-refractivity contribution >= 4 is 5.91 Å². The van der Waals surface area contributed by atoms with Crippen molar-refractivity contribution in [1.82, 2.24) is 4.90 Å². The predicted octanol–water partition coefficient (Wildman–Crippen LogP) is 2.86. The zero-order chi connectivity index (χ0) is 12.3. The van der Waals surface area contributed by atoms with E-state index in [0.717, 1.165) is 13.1 Å². The van der Waals surface area contributed by atoms with Crippen LogP contribution in [0.25, 0.3) is 0 Å². The van der Waals surface area contributed by atoms with Gasteiger partial charge in [-0.1, -0.05) is 18.2 Å². The highest BCUT2D eigenvalue weighted by molar-refractivity contribution is 5.79. The molecular weight excluding hydrogens is 210 g/mol. The van der Waals surface area contributed by atoms with E-state index in [1.807, 2.05) is 4.90 Å². The first-order chi connectivity index (χ1) is 8.18. The Morgan fingerprint density at radius 1 is 1.12 bits per heavy atom. The van der Waals surface area contributed by atoms with Crippen molar-refractivity contribution < 1.29 is 4.79 Å². The van der Waals surface area contributed by atoms with Crippen molar-refractivity contribution in [2.24, 2.45) is 0 Å². The first-order valence-electron chi connectivity index (χ1n) is 6.51. The summed E-state index contributed by atoms with van der Waals surface area (Å²) >= 11 is 0. The van der Waals surface area contributed by atoms with Gasteiger partial charge in [0.2, 0.25) is 5.91 Å². The van der Waals surface area contributed by atoms with Crippen molar-refractivity contribution in [3.05, 3.63) is 34.9 Å². The molecule has 2 rings (SSSR count). The van der Waals surface area contributed by atoms with Crippen LogP contribution in [0.5, 0.6) is 0 Å². The van der Waals surface area contributed by atoms with Crippen LogP contribution in [-0.2, 0) is 11.2 Å². The molecule has 2 nitrogen and oxygen atoms in total. The Hall–Kier alpha value is -1.31. The molecule has 1 aromatic carbocycles. The summed E-state index contributed by atoms with van der Waals surface area (Å²) in [6, 6.07) is 6.23. The Morgan fingerprint density at radius 3 is 2.29 bits per heavy atom. The van der Waals surface area contributed by atoms with Crippen LogP contribution in [0.1, 0.15) is 36.0 Å². The topological polar surface area (TPSA) is 20.3 Å². The number of amides is 1. The van der Waals surface area contributed by atoms with Gasteiger partial charge in [0, 0.05) is 13.1 Å². The van der Waals surface area contributed by atoms with Crippen LogP contribution >= 0.6 is 0 Å². The van der Waals surface area contributed by atoms with Crippen LogP contribution < -0.4 is 0 Å². The Balaban J connectivity index is 2.07. The van der Waals surface area contributed by atoms with Gasteiger partial charge in [-0.15, -0.1) is 0 Å². The second-order valence-electron chi connectivity index (χ2n) is 4.99. The molecular formula is C15H21NO. The summed E-state index contributed by atoms with van der Waals surface area (Å²) < 4.78 is 0. The number of benzene rings is 1. The number of rotatable bonds is 2. The molecule has 0 saturated carbocycles. The quantitative estimate of drug-likeness (QED) is 0.766. The summed E-state index contributed by atoms with van der Waals surface area (Å²) in [5.74, 6) is 0.294. The summed E-state index contributed by atoms with van der Waals surface area (Å²) in [5, 5.41) is 0. The van der Waals surface area contributed by atoms with Gasteiger partial charge in [0.25, 0.3) is 0 Å². The van der Waals surface area contributed by atoms with E-state index in [4.69, 9.17) is 0 Å². The third-order valence-corrected chi connectivity index (χ3v) is 3.68. The average molecular weight is 231 g/mol. The Morgan fingerprint density at radius 2 is 1.71 bits per heavy atom. The molecule has 92 valence electrons. The molecule has 1 aromatic rings. The molecule has 1 fully saturated rings. The average Bonchev–Trinajstić information content (AvgIpc) is 2.35. The first kappa shape index (κ1) is 12.2. The molecule has 0 N–H and O–H groups in total.